The van der Waals surface area contributed by atoms with Crippen molar-refractivity contribution >= 4 is 18.2 Å². The van der Waals surface area contributed by atoms with E-state index in [2.05, 4.69) is 20.7 Å². The second kappa shape index (κ2) is 10.5. The number of rotatable bonds is 7. The normalized spacial score (nSPS) is 11.8. The molecule has 0 aliphatic carbocycles. The number of nitrogens with two attached hydrogens (primary N) is 1. The standard InChI is InChI=1S/C15H24N2O6/c1-5-10-21-13(19)17-9-7-6-8-11(16)12(18)22-14(20)23-15(2,3)4/h1,11H,6-10,16H2,2-4H3,(H,17,19)/t11-/m0/s1. The largest absolute Gasteiger partial charge is 0.516 e. The molecule has 0 saturated carbocycles. The molecule has 0 rings (SSSR count). The maximum atomic E-state index is 11.6. The molecule has 1 amide bonds. The molecule has 0 aliphatic rings. The van der Waals surface area contributed by atoms with Crippen LogP contribution in [0.2, 0.25) is 0 Å². The molecule has 0 bridgehead atoms. The molecule has 130 valence electrons. The lowest BCUT2D eigenvalue weighted by Gasteiger charge is -2.19. The Balaban J connectivity index is 3.83. The topological polar surface area (TPSA) is 117 Å². The molecule has 3 N–H and O–H groups in total. The van der Waals surface area contributed by atoms with Crippen molar-refractivity contribution in [3.05, 3.63) is 0 Å². The van der Waals surface area contributed by atoms with Gasteiger partial charge in [0, 0.05) is 6.54 Å². The van der Waals surface area contributed by atoms with E-state index in [0.29, 0.717) is 25.8 Å². The van der Waals surface area contributed by atoms with Gasteiger partial charge in [-0.05, 0) is 40.0 Å². The second-order valence-corrected chi connectivity index (χ2v) is 5.69. The number of nitrogens with one attached hydrogen (secondary N) is 1. The van der Waals surface area contributed by atoms with E-state index in [1.54, 1.807) is 20.8 Å². The Bertz CT molecular complexity index is 450. The van der Waals surface area contributed by atoms with Crippen molar-refractivity contribution in [1.29, 1.82) is 0 Å². The van der Waals surface area contributed by atoms with Crippen LogP contribution in [0.4, 0.5) is 9.59 Å². The molecular formula is C15H24N2O6. The monoisotopic (exact) mass is 328 g/mol. The van der Waals surface area contributed by atoms with Crippen molar-refractivity contribution < 1.29 is 28.6 Å². The summed E-state index contributed by atoms with van der Waals surface area (Å²) in [6, 6.07) is -0.934. The van der Waals surface area contributed by atoms with Gasteiger partial charge in [-0.15, -0.1) is 6.42 Å². The van der Waals surface area contributed by atoms with Crippen molar-refractivity contribution in [2.75, 3.05) is 13.2 Å². The van der Waals surface area contributed by atoms with Gasteiger partial charge in [0.15, 0.2) is 6.61 Å². The summed E-state index contributed by atoms with van der Waals surface area (Å²) in [7, 11) is 0. The molecule has 1 atom stereocenters. The van der Waals surface area contributed by atoms with Gasteiger partial charge in [0.1, 0.15) is 11.6 Å². The third-order valence-corrected chi connectivity index (χ3v) is 2.37. The van der Waals surface area contributed by atoms with E-state index in [9.17, 15) is 14.4 Å². The average Bonchev–Trinajstić information content (AvgIpc) is 2.42. The van der Waals surface area contributed by atoms with Crippen molar-refractivity contribution in [3.63, 3.8) is 0 Å². The number of ether oxygens (including phenoxy) is 3. The molecule has 0 unspecified atom stereocenters. The maximum absolute atomic E-state index is 11.6. The minimum Gasteiger partial charge on any atom is -0.436 e. The third kappa shape index (κ3) is 12.0. The number of hydrogen-bond donors (Lipinski definition) is 2. The minimum absolute atomic E-state index is 0.0901. The number of hydrogen-bond acceptors (Lipinski definition) is 7. The van der Waals surface area contributed by atoms with E-state index in [4.69, 9.17) is 16.9 Å². The first kappa shape index (κ1) is 20.7. The first-order valence-electron chi connectivity index (χ1n) is 7.20. The van der Waals surface area contributed by atoms with Gasteiger partial charge in [-0.3, -0.25) is 0 Å². The van der Waals surface area contributed by atoms with E-state index in [0.717, 1.165) is 0 Å². The summed E-state index contributed by atoms with van der Waals surface area (Å²) in [6.45, 7) is 5.23. The van der Waals surface area contributed by atoms with Crippen LogP contribution < -0.4 is 11.1 Å². The Morgan fingerprint density at radius 3 is 2.48 bits per heavy atom. The summed E-state index contributed by atoms with van der Waals surface area (Å²) >= 11 is 0. The molecule has 8 heteroatoms. The van der Waals surface area contributed by atoms with Crippen molar-refractivity contribution in [2.24, 2.45) is 5.73 Å². The highest BCUT2D eigenvalue weighted by Gasteiger charge is 2.23. The van der Waals surface area contributed by atoms with Gasteiger partial charge in [-0.2, -0.15) is 0 Å². The zero-order valence-corrected chi connectivity index (χ0v) is 13.7. The molecule has 0 aromatic heterocycles. The zero-order valence-electron chi connectivity index (χ0n) is 13.7. The van der Waals surface area contributed by atoms with E-state index < -0.39 is 29.9 Å². The fraction of sp³-hybridized carbons (Fsp3) is 0.667. The molecule has 0 radical (unpaired) electrons. The van der Waals surface area contributed by atoms with Crippen LogP contribution in [0.5, 0.6) is 0 Å². The predicted octanol–water partition coefficient (Wildman–Crippen LogP) is 1.32. The SMILES string of the molecule is C#CCOC(=O)NCCCC[C@H](N)C(=O)OC(=O)OC(C)(C)C. The van der Waals surface area contributed by atoms with Gasteiger partial charge in [-0.25, -0.2) is 14.4 Å². The highest BCUT2D eigenvalue weighted by Crippen LogP contribution is 2.09. The highest BCUT2D eigenvalue weighted by atomic mass is 16.7. The summed E-state index contributed by atoms with van der Waals surface area (Å²) < 4.78 is 13.9. The summed E-state index contributed by atoms with van der Waals surface area (Å²) in [5, 5.41) is 2.49. The molecule has 23 heavy (non-hydrogen) atoms. The van der Waals surface area contributed by atoms with Crippen LogP contribution in [-0.2, 0) is 19.0 Å². The molecule has 0 saturated heterocycles. The van der Waals surface area contributed by atoms with Crippen LogP contribution in [0.15, 0.2) is 0 Å². The molecule has 0 fully saturated rings. The fourth-order valence-electron chi connectivity index (χ4n) is 1.38. The summed E-state index contributed by atoms with van der Waals surface area (Å²) in [5.41, 5.74) is 4.87. The van der Waals surface area contributed by atoms with Crippen molar-refractivity contribution in [1.82, 2.24) is 5.32 Å². The first-order chi connectivity index (χ1) is 10.7. The number of esters is 1. The predicted molar refractivity (Wildman–Crippen MR) is 82.3 cm³/mol. The van der Waals surface area contributed by atoms with Crippen LogP contribution in [0, 0.1) is 12.3 Å². The second-order valence-electron chi connectivity index (χ2n) is 5.69. The van der Waals surface area contributed by atoms with Crippen molar-refractivity contribution in [3.8, 4) is 12.3 Å². The van der Waals surface area contributed by atoms with Gasteiger partial charge in [0.2, 0.25) is 0 Å². The van der Waals surface area contributed by atoms with Gasteiger partial charge >= 0.3 is 18.2 Å². The smallest absolute Gasteiger partial charge is 0.436 e. The number of terminal acetylenes is 1. The minimum atomic E-state index is -1.07. The number of amides is 1. The van der Waals surface area contributed by atoms with E-state index >= 15 is 0 Å². The number of carbonyl (C=O) groups excluding carboxylic acids is 3. The molecular weight excluding hydrogens is 304 g/mol. The lowest BCUT2D eigenvalue weighted by Crippen LogP contribution is -2.35. The lowest BCUT2D eigenvalue weighted by atomic mass is 10.1. The zero-order chi connectivity index (χ0) is 17.9. The maximum Gasteiger partial charge on any atom is 0.516 e. The van der Waals surface area contributed by atoms with Crippen LogP contribution in [-0.4, -0.2) is 43.0 Å². The Morgan fingerprint density at radius 2 is 1.91 bits per heavy atom. The Hall–Kier alpha value is -2.27. The first-order valence-corrected chi connectivity index (χ1v) is 7.20. The fourth-order valence-corrected chi connectivity index (χ4v) is 1.38. The molecule has 0 aromatic carbocycles. The van der Waals surface area contributed by atoms with Crippen LogP contribution >= 0.6 is 0 Å². The molecule has 0 aromatic rings. The Kier molecular flexibility index (Phi) is 9.42. The molecule has 8 nitrogen and oxygen atoms in total. The number of alkyl carbamates (subject to hydrolysis) is 1. The Labute approximate surface area is 136 Å². The van der Waals surface area contributed by atoms with E-state index in [-0.39, 0.29) is 6.61 Å². The van der Waals surface area contributed by atoms with Crippen molar-refractivity contribution in [2.45, 2.75) is 51.7 Å². The Morgan fingerprint density at radius 1 is 1.26 bits per heavy atom. The van der Waals surface area contributed by atoms with Crippen LogP contribution in [0.3, 0.4) is 0 Å². The van der Waals surface area contributed by atoms with Gasteiger partial charge in [0.05, 0.1) is 0 Å². The summed E-state index contributed by atoms with van der Waals surface area (Å²) in [4.78, 5) is 34.0. The third-order valence-electron chi connectivity index (χ3n) is 2.37. The van der Waals surface area contributed by atoms with E-state index in [1.807, 2.05) is 0 Å². The molecule has 0 heterocycles. The quantitative estimate of drug-likeness (QED) is 0.313. The van der Waals surface area contributed by atoms with Gasteiger partial charge in [-0.1, -0.05) is 5.92 Å². The summed E-state index contributed by atoms with van der Waals surface area (Å²) in [5.74, 6) is 1.32. The van der Waals surface area contributed by atoms with E-state index in [1.165, 1.54) is 0 Å². The summed E-state index contributed by atoms with van der Waals surface area (Å²) in [6.07, 6.45) is 4.71. The number of carbonyl (C=O) groups is 3. The highest BCUT2D eigenvalue weighted by molar-refractivity contribution is 5.85. The number of unbranched alkanes of at least 4 members (excludes halogenated alkanes) is 1. The van der Waals surface area contributed by atoms with Gasteiger partial charge in [0.25, 0.3) is 0 Å². The molecule has 0 aliphatic heterocycles. The average molecular weight is 328 g/mol. The molecule has 0 spiro atoms. The lowest BCUT2D eigenvalue weighted by molar-refractivity contribution is -0.143. The van der Waals surface area contributed by atoms with Crippen LogP contribution in [0.25, 0.3) is 0 Å². The van der Waals surface area contributed by atoms with Gasteiger partial charge < -0.3 is 25.3 Å². The van der Waals surface area contributed by atoms with Crippen LogP contribution in [0.1, 0.15) is 40.0 Å².